The van der Waals surface area contributed by atoms with E-state index in [-0.39, 0.29) is 0 Å². The molecule has 0 spiro atoms. The molecule has 0 atom stereocenters. The second-order valence-corrected chi connectivity index (χ2v) is 2.95. The molecule has 0 radical (unpaired) electrons. The number of amides is 1. The molecule has 0 saturated carbocycles. The van der Waals surface area contributed by atoms with Gasteiger partial charge >= 0.3 is 6.09 Å². The Hall–Kier alpha value is -1.45. The van der Waals surface area contributed by atoms with Gasteiger partial charge < -0.3 is 10.4 Å². The van der Waals surface area contributed by atoms with Crippen LogP contribution in [0.4, 0.5) is 4.79 Å². The molecule has 0 aliphatic carbocycles. The van der Waals surface area contributed by atoms with Crippen molar-refractivity contribution in [2.45, 2.75) is 12.8 Å². The fourth-order valence-electron chi connectivity index (χ4n) is 1.35. The largest absolute Gasteiger partial charge is 0.465 e. The number of hydrogen-bond acceptors (Lipinski definition) is 2. The summed E-state index contributed by atoms with van der Waals surface area (Å²) in [5.74, 6) is 0.661. The molecule has 13 heavy (non-hydrogen) atoms. The third kappa shape index (κ3) is 2.02. The van der Waals surface area contributed by atoms with E-state index in [4.69, 9.17) is 5.11 Å². The van der Waals surface area contributed by atoms with Crippen molar-refractivity contribution in [3.8, 4) is 0 Å². The van der Waals surface area contributed by atoms with E-state index >= 15 is 0 Å². The quantitative estimate of drug-likeness (QED) is 0.678. The first kappa shape index (κ1) is 9.64. The SMILES string of the molecule is C=CC1=C(N(C)C(=O)O)NCCC1. The van der Waals surface area contributed by atoms with E-state index in [2.05, 4.69) is 11.9 Å². The lowest BCUT2D eigenvalue weighted by atomic mass is 10.1. The fraction of sp³-hybridized carbons (Fsp3) is 0.444. The maximum atomic E-state index is 10.7. The molecule has 72 valence electrons. The molecular formula is C9H14N2O2. The molecule has 0 saturated heterocycles. The van der Waals surface area contributed by atoms with Crippen LogP contribution in [0.15, 0.2) is 24.0 Å². The van der Waals surface area contributed by atoms with Gasteiger partial charge in [-0.25, -0.2) is 4.79 Å². The highest BCUT2D eigenvalue weighted by atomic mass is 16.4. The minimum Gasteiger partial charge on any atom is -0.465 e. The van der Waals surface area contributed by atoms with Gasteiger partial charge in [0.15, 0.2) is 0 Å². The van der Waals surface area contributed by atoms with E-state index in [1.54, 1.807) is 6.08 Å². The average molecular weight is 182 g/mol. The Labute approximate surface area is 77.5 Å². The third-order valence-electron chi connectivity index (χ3n) is 2.09. The summed E-state index contributed by atoms with van der Waals surface area (Å²) in [7, 11) is 1.53. The van der Waals surface area contributed by atoms with Crippen LogP contribution in [0.3, 0.4) is 0 Å². The molecule has 0 fully saturated rings. The van der Waals surface area contributed by atoms with Gasteiger partial charge in [0.2, 0.25) is 0 Å². The van der Waals surface area contributed by atoms with E-state index < -0.39 is 6.09 Å². The zero-order chi connectivity index (χ0) is 9.84. The van der Waals surface area contributed by atoms with Crippen LogP contribution in [-0.2, 0) is 0 Å². The zero-order valence-electron chi connectivity index (χ0n) is 7.71. The van der Waals surface area contributed by atoms with Crippen molar-refractivity contribution in [1.82, 2.24) is 10.2 Å². The van der Waals surface area contributed by atoms with Crippen molar-refractivity contribution in [1.29, 1.82) is 0 Å². The lowest BCUT2D eigenvalue weighted by Crippen LogP contribution is -2.36. The van der Waals surface area contributed by atoms with Crippen LogP contribution in [0.5, 0.6) is 0 Å². The number of allylic oxidation sites excluding steroid dienone is 2. The summed E-state index contributed by atoms with van der Waals surface area (Å²) in [6.07, 6.45) is 2.67. The first-order valence-corrected chi connectivity index (χ1v) is 4.23. The van der Waals surface area contributed by atoms with Gasteiger partial charge in [-0.3, -0.25) is 4.90 Å². The predicted octanol–water partition coefficient (Wildman–Crippen LogP) is 1.38. The Bertz CT molecular complexity index is 258. The highest BCUT2D eigenvalue weighted by Crippen LogP contribution is 2.17. The van der Waals surface area contributed by atoms with Crippen LogP contribution < -0.4 is 5.32 Å². The first-order chi connectivity index (χ1) is 6.16. The second-order valence-electron chi connectivity index (χ2n) is 2.95. The molecule has 0 bridgehead atoms. The molecule has 1 aliphatic rings. The lowest BCUT2D eigenvalue weighted by molar-refractivity contribution is 0.163. The van der Waals surface area contributed by atoms with Crippen molar-refractivity contribution in [3.05, 3.63) is 24.0 Å². The summed E-state index contributed by atoms with van der Waals surface area (Å²) < 4.78 is 0. The smallest absolute Gasteiger partial charge is 0.412 e. The number of hydrogen-bond donors (Lipinski definition) is 2. The number of nitrogens with one attached hydrogen (secondary N) is 1. The van der Waals surface area contributed by atoms with E-state index in [9.17, 15) is 4.79 Å². The first-order valence-electron chi connectivity index (χ1n) is 4.23. The maximum Gasteiger partial charge on any atom is 0.412 e. The van der Waals surface area contributed by atoms with Gasteiger partial charge in [0.25, 0.3) is 0 Å². The normalized spacial score (nSPS) is 16.4. The summed E-state index contributed by atoms with van der Waals surface area (Å²) in [5.41, 5.74) is 0.969. The molecule has 2 N–H and O–H groups in total. The highest BCUT2D eigenvalue weighted by Gasteiger charge is 2.17. The summed E-state index contributed by atoms with van der Waals surface area (Å²) in [5, 5.41) is 11.8. The lowest BCUT2D eigenvalue weighted by Gasteiger charge is -2.25. The van der Waals surface area contributed by atoms with Crippen LogP contribution >= 0.6 is 0 Å². The maximum absolute atomic E-state index is 10.7. The van der Waals surface area contributed by atoms with Gasteiger partial charge in [-0.15, -0.1) is 0 Å². The number of carbonyl (C=O) groups is 1. The van der Waals surface area contributed by atoms with Gasteiger partial charge in [0.1, 0.15) is 5.82 Å². The standard InChI is InChI=1S/C9H14N2O2/c1-3-7-5-4-6-10-8(7)11(2)9(12)13/h3,10H,1,4-6H2,2H3,(H,12,13). The molecule has 1 amide bonds. The van der Waals surface area contributed by atoms with Crippen LogP contribution in [0.2, 0.25) is 0 Å². The molecule has 0 aromatic carbocycles. The molecule has 0 unspecified atom stereocenters. The van der Waals surface area contributed by atoms with Gasteiger partial charge in [-0.05, 0) is 18.4 Å². The molecule has 1 heterocycles. The molecule has 1 aliphatic heterocycles. The van der Waals surface area contributed by atoms with Crippen molar-refractivity contribution in [2.75, 3.05) is 13.6 Å². The topological polar surface area (TPSA) is 52.6 Å². The van der Waals surface area contributed by atoms with Gasteiger partial charge in [-0.1, -0.05) is 12.7 Å². The monoisotopic (exact) mass is 182 g/mol. The molecule has 0 aromatic rings. The summed E-state index contributed by atoms with van der Waals surface area (Å²) >= 11 is 0. The van der Waals surface area contributed by atoms with Gasteiger partial charge in [-0.2, -0.15) is 0 Å². The van der Waals surface area contributed by atoms with Crippen molar-refractivity contribution in [3.63, 3.8) is 0 Å². The van der Waals surface area contributed by atoms with E-state index in [1.807, 2.05) is 0 Å². The third-order valence-corrected chi connectivity index (χ3v) is 2.09. The molecule has 4 heteroatoms. The van der Waals surface area contributed by atoms with Crippen LogP contribution in [-0.4, -0.2) is 29.7 Å². The molecule has 1 rings (SSSR count). The molecular weight excluding hydrogens is 168 g/mol. The van der Waals surface area contributed by atoms with Crippen molar-refractivity contribution in [2.24, 2.45) is 0 Å². The fourth-order valence-corrected chi connectivity index (χ4v) is 1.35. The zero-order valence-corrected chi connectivity index (χ0v) is 7.71. The summed E-state index contributed by atoms with van der Waals surface area (Å²) in [4.78, 5) is 11.9. The van der Waals surface area contributed by atoms with Gasteiger partial charge in [0, 0.05) is 13.6 Å². The predicted molar refractivity (Wildman–Crippen MR) is 50.2 cm³/mol. The summed E-state index contributed by atoms with van der Waals surface area (Å²) in [6, 6.07) is 0. The Morgan fingerprint density at radius 2 is 2.46 bits per heavy atom. The minimum atomic E-state index is -0.955. The van der Waals surface area contributed by atoms with Crippen molar-refractivity contribution < 1.29 is 9.90 Å². The van der Waals surface area contributed by atoms with Gasteiger partial charge in [0.05, 0.1) is 0 Å². The van der Waals surface area contributed by atoms with Crippen LogP contribution in [0.1, 0.15) is 12.8 Å². The van der Waals surface area contributed by atoms with Crippen LogP contribution in [0, 0.1) is 0 Å². The average Bonchev–Trinajstić information content (AvgIpc) is 2.16. The van der Waals surface area contributed by atoms with Crippen molar-refractivity contribution >= 4 is 6.09 Å². The summed E-state index contributed by atoms with van der Waals surface area (Å²) in [6.45, 7) is 4.48. The highest BCUT2D eigenvalue weighted by molar-refractivity contribution is 5.67. The van der Waals surface area contributed by atoms with E-state index in [0.29, 0.717) is 5.82 Å². The second kappa shape index (κ2) is 3.98. The minimum absolute atomic E-state index is 0.661. The Morgan fingerprint density at radius 3 is 3.00 bits per heavy atom. The Kier molecular flexibility index (Phi) is 2.95. The molecule has 0 aromatic heterocycles. The number of carboxylic acid groups (broad SMARTS) is 1. The van der Waals surface area contributed by atoms with Crippen LogP contribution in [0.25, 0.3) is 0 Å². The Morgan fingerprint density at radius 1 is 1.77 bits per heavy atom. The number of nitrogens with zero attached hydrogens (tertiary/aromatic N) is 1. The Balaban J connectivity index is 2.90. The van der Waals surface area contributed by atoms with E-state index in [1.165, 1.54) is 11.9 Å². The van der Waals surface area contributed by atoms with E-state index in [0.717, 1.165) is 25.0 Å². The number of rotatable bonds is 2. The molecule has 4 nitrogen and oxygen atoms in total.